The molecule has 0 aliphatic carbocycles. The minimum atomic E-state index is 0. The van der Waals surface area contributed by atoms with Crippen molar-refractivity contribution in [2.45, 2.75) is 0 Å². The summed E-state index contributed by atoms with van der Waals surface area (Å²) in [5.74, 6) is 0. The Morgan fingerprint density at radius 1 is 1.25 bits per heavy atom. The zero-order chi connectivity index (χ0) is 2.00. The van der Waals surface area contributed by atoms with E-state index in [1.165, 1.54) is 9.91 Å². The summed E-state index contributed by atoms with van der Waals surface area (Å²) in [5.41, 5.74) is 0. The molecule has 4 heteroatoms. The molecule has 0 aliphatic heterocycles. The Balaban J connectivity index is -0.00000000500. The van der Waals surface area contributed by atoms with Crippen LogP contribution in [0.4, 0.5) is 0 Å². The van der Waals surface area contributed by atoms with E-state index in [0.717, 1.165) is 0 Å². The molecule has 0 aliphatic rings. The third-order valence-electron chi connectivity index (χ3n) is 0. The van der Waals surface area contributed by atoms with Crippen LogP contribution < -0.4 is 0 Å². The molecular weight excluding hydrogens is 237 g/mol. The van der Waals surface area contributed by atoms with Crippen molar-refractivity contribution in [2.75, 3.05) is 0 Å². The van der Waals surface area contributed by atoms with Crippen molar-refractivity contribution in [3.05, 3.63) is 0 Å². The summed E-state index contributed by atoms with van der Waals surface area (Å²) in [7, 11) is 3.78. The van der Waals surface area contributed by atoms with Gasteiger partial charge in [-0.3, -0.25) is 0 Å². The molecule has 0 heterocycles. The first-order valence-electron chi connectivity index (χ1n) is 0.577. The number of rotatable bonds is 0. The number of hydrogen-bond acceptors (Lipinski definition) is 0. The molecule has 0 N–H and O–H groups in total. The van der Waals surface area contributed by atoms with Crippen LogP contribution in [-0.2, 0) is 17.1 Å². The summed E-state index contributed by atoms with van der Waals surface area (Å²) >= 11 is 0. The Labute approximate surface area is 59.9 Å². The van der Waals surface area contributed by atoms with Crippen molar-refractivity contribution in [3.8, 4) is 0 Å². The molecule has 0 nitrogen and oxygen atoms in total. The van der Waals surface area contributed by atoms with Gasteiger partial charge in [0.1, 0.15) is 0 Å². The summed E-state index contributed by atoms with van der Waals surface area (Å²) in [5, 5.41) is 0. The Kier molecular flexibility index (Phi) is 83.9. The molecule has 0 saturated heterocycles. The largest absolute Gasteiger partial charge is 0.159 e. The van der Waals surface area contributed by atoms with Crippen LogP contribution in [0, 0.1) is 0 Å². The molecule has 0 aromatic rings. The third-order valence-corrected chi connectivity index (χ3v) is 0. The third kappa shape index (κ3) is 9.01. The molecule has 0 rings (SSSR count). The molecule has 1 atom stereocenters. The average molecular weight is 245 g/mol. The number of hydrogen-bond donors (Lipinski definition) is 0. The topological polar surface area (TPSA) is 0 Å². The van der Waals surface area contributed by atoms with Gasteiger partial charge < -0.3 is 0 Å². The Bertz CT molecular complexity index is 8.00. The zero-order valence-electron chi connectivity index (χ0n) is 2.64. The molecule has 0 spiro atoms. The predicted octanol–water partition coefficient (Wildman–Crippen LogP) is -2.04. The Morgan fingerprint density at radius 2 is 1.25 bits per heavy atom. The van der Waals surface area contributed by atoms with E-state index in [-0.39, 0.29) is 41.5 Å². The second kappa shape index (κ2) is 20.1. The Morgan fingerprint density at radius 3 is 1.25 bits per heavy atom. The second-order valence-corrected chi connectivity index (χ2v) is 0. The van der Waals surface area contributed by atoms with E-state index in [4.69, 9.17) is 0 Å². The van der Waals surface area contributed by atoms with Crippen molar-refractivity contribution in [2.24, 2.45) is 0 Å². The maximum atomic E-state index is 2.56. The first-order valence-corrected chi connectivity index (χ1v) is 5.20. The fourth-order valence-corrected chi connectivity index (χ4v) is 0. The van der Waals surface area contributed by atoms with Crippen LogP contribution >= 0.6 is 8.79 Å². The van der Waals surface area contributed by atoms with Crippen molar-refractivity contribution in [1.29, 1.82) is 0 Å². The molecule has 0 amide bonds. The van der Waals surface area contributed by atoms with E-state index < -0.39 is 0 Å². The fourth-order valence-electron chi connectivity index (χ4n) is 0. The molecule has 0 saturated carbocycles. The SMILES string of the molecule is [Fe].[SbH3].[SiH3]P. The second-order valence-electron chi connectivity index (χ2n) is 0. The van der Waals surface area contributed by atoms with Gasteiger partial charge in [0, 0.05) is 27.0 Å². The predicted molar refractivity (Wildman–Crippen MR) is 29.6 cm³/mol. The van der Waals surface area contributed by atoms with Gasteiger partial charge in [-0.1, -0.05) is 0 Å². The van der Waals surface area contributed by atoms with E-state index in [2.05, 4.69) is 8.79 Å². The van der Waals surface area contributed by atoms with E-state index in [0.29, 0.717) is 0 Å². The van der Waals surface area contributed by atoms with Crippen LogP contribution in [0.3, 0.4) is 0 Å². The van der Waals surface area contributed by atoms with Crippen molar-refractivity contribution >= 4 is 43.1 Å². The van der Waals surface area contributed by atoms with Crippen LogP contribution in [0.5, 0.6) is 0 Å². The maximum Gasteiger partial charge on any atom is 0.0252 e. The van der Waals surface area contributed by atoms with E-state index in [1.807, 2.05) is 0 Å². The van der Waals surface area contributed by atoms with E-state index in [9.17, 15) is 0 Å². The minimum absolute atomic E-state index is 0. The molecule has 4 heavy (non-hydrogen) atoms. The van der Waals surface area contributed by atoms with Crippen LogP contribution in [0.15, 0.2) is 0 Å². The smallest absolute Gasteiger partial charge is 0.0252 e. The molecule has 0 radical (unpaired) electrons. The summed E-state index contributed by atoms with van der Waals surface area (Å²) in [6.07, 6.45) is 0. The van der Waals surface area contributed by atoms with Crippen LogP contribution in [0.25, 0.3) is 0 Å². The Hall–Kier alpha value is 1.98. The molecule has 0 aromatic carbocycles. The first-order chi connectivity index (χ1) is 1.00. The minimum Gasteiger partial charge on any atom is -0.159 e. The summed E-state index contributed by atoms with van der Waals surface area (Å²) < 4.78 is 0. The molecule has 1 unspecified atom stereocenters. The molecule has 0 fully saturated rings. The van der Waals surface area contributed by atoms with Gasteiger partial charge >= 0.3 is 24.4 Å². The van der Waals surface area contributed by atoms with E-state index >= 15 is 0 Å². The quantitative estimate of drug-likeness (QED) is 0.340. The van der Waals surface area contributed by atoms with Crippen molar-refractivity contribution in [1.82, 2.24) is 0 Å². The van der Waals surface area contributed by atoms with E-state index in [1.54, 1.807) is 0 Å². The van der Waals surface area contributed by atoms with Crippen LogP contribution in [-0.4, -0.2) is 34.3 Å². The molecule has 30 valence electrons. The summed E-state index contributed by atoms with van der Waals surface area (Å²) in [4.78, 5) is 0. The monoisotopic (exact) mass is 244 g/mol. The summed E-state index contributed by atoms with van der Waals surface area (Å²) in [6, 6.07) is 0. The van der Waals surface area contributed by atoms with Gasteiger partial charge in [0.25, 0.3) is 0 Å². The molecule has 0 aromatic heterocycles. The van der Waals surface area contributed by atoms with Gasteiger partial charge in [-0.2, -0.15) is 8.79 Å². The van der Waals surface area contributed by atoms with Crippen LogP contribution in [0.2, 0.25) is 0 Å². The first kappa shape index (κ1) is 16.7. The average Bonchev–Trinajstić information content (AvgIpc) is 1.00. The molecule has 0 bridgehead atoms. The standard InChI is InChI=1S/Fe.H5PSi.Sb.3H/c;1-2;;;;/h;1H2,2H3;;;;. The van der Waals surface area contributed by atoms with Crippen LogP contribution in [0.1, 0.15) is 0 Å². The zero-order valence-corrected chi connectivity index (χ0v) is 10.9. The normalized spacial score (nSPS) is 2.25. The van der Waals surface area contributed by atoms with Gasteiger partial charge in [0.05, 0.1) is 0 Å². The van der Waals surface area contributed by atoms with Gasteiger partial charge in [0.2, 0.25) is 0 Å². The fraction of sp³-hybridized carbons (Fsp3) is 0. The van der Waals surface area contributed by atoms with Crippen molar-refractivity contribution in [3.63, 3.8) is 0 Å². The van der Waals surface area contributed by atoms with Crippen molar-refractivity contribution < 1.29 is 17.1 Å². The molecular formula is H8FePSbSi. The summed E-state index contributed by atoms with van der Waals surface area (Å²) in [6.45, 7) is 0. The van der Waals surface area contributed by atoms with Gasteiger partial charge in [0.15, 0.2) is 0 Å². The van der Waals surface area contributed by atoms with Gasteiger partial charge in [-0.15, -0.1) is 0 Å². The maximum absolute atomic E-state index is 2.56. The van der Waals surface area contributed by atoms with Gasteiger partial charge in [-0.05, 0) is 0 Å². The van der Waals surface area contributed by atoms with Gasteiger partial charge in [-0.25, -0.2) is 0 Å².